The molecule has 0 bridgehead atoms. The Bertz CT molecular complexity index is 533. The average molecular weight is 311 g/mol. The van der Waals surface area contributed by atoms with E-state index in [4.69, 9.17) is 14.6 Å². The molecule has 120 valence electrons. The highest BCUT2D eigenvalue weighted by Crippen LogP contribution is 2.16. The molecule has 1 aromatic rings. The van der Waals surface area contributed by atoms with Crippen molar-refractivity contribution < 1.29 is 28.6 Å². The molecule has 1 heterocycles. The van der Waals surface area contributed by atoms with Crippen molar-refractivity contribution >= 4 is 11.9 Å². The number of carbonyl (C=O) groups is 2. The smallest absolute Gasteiger partial charge is 0.306 e. The van der Waals surface area contributed by atoms with Gasteiger partial charge in [0.05, 0.1) is 19.1 Å². The molecule has 0 aliphatic carbocycles. The third kappa shape index (κ3) is 4.42. The minimum absolute atomic E-state index is 0.142. The number of aliphatic carboxylic acids is 1. The lowest BCUT2D eigenvalue weighted by atomic mass is 10.2. The summed E-state index contributed by atoms with van der Waals surface area (Å²) >= 11 is 0. The van der Waals surface area contributed by atoms with Crippen molar-refractivity contribution in [3.63, 3.8) is 0 Å². The van der Waals surface area contributed by atoms with Gasteiger partial charge in [-0.2, -0.15) is 0 Å². The molecule has 6 nitrogen and oxygen atoms in total. The zero-order chi connectivity index (χ0) is 16.1. The first-order valence-corrected chi connectivity index (χ1v) is 7.00. The van der Waals surface area contributed by atoms with Gasteiger partial charge in [0.1, 0.15) is 11.6 Å². The monoisotopic (exact) mass is 311 g/mol. The topological polar surface area (TPSA) is 76.1 Å². The van der Waals surface area contributed by atoms with Gasteiger partial charge in [-0.1, -0.05) is 0 Å². The maximum atomic E-state index is 12.8. The van der Waals surface area contributed by atoms with Crippen LogP contribution in [0.25, 0.3) is 0 Å². The quantitative estimate of drug-likeness (QED) is 0.887. The van der Waals surface area contributed by atoms with Gasteiger partial charge in [-0.3, -0.25) is 9.59 Å². The molecule has 2 rings (SSSR count). The summed E-state index contributed by atoms with van der Waals surface area (Å²) in [5, 5.41) is 8.78. The molecular formula is C15H18FNO5. The van der Waals surface area contributed by atoms with Crippen molar-refractivity contribution in [3.05, 3.63) is 30.1 Å². The molecule has 1 fully saturated rings. The SMILES string of the molecule is CC(Oc1ccc(F)cc1)C(=O)N1CCOC(CC(=O)O)C1. The number of carboxylic acid groups (broad SMARTS) is 1. The maximum absolute atomic E-state index is 12.8. The van der Waals surface area contributed by atoms with Crippen molar-refractivity contribution in [2.75, 3.05) is 19.7 Å². The predicted octanol–water partition coefficient (Wildman–Crippen LogP) is 1.30. The average Bonchev–Trinajstić information content (AvgIpc) is 2.48. The molecule has 1 N–H and O–H groups in total. The number of halogens is 1. The highest BCUT2D eigenvalue weighted by molar-refractivity contribution is 5.81. The van der Waals surface area contributed by atoms with E-state index in [1.54, 1.807) is 6.92 Å². The van der Waals surface area contributed by atoms with Crippen LogP contribution in [-0.4, -0.2) is 53.8 Å². The van der Waals surface area contributed by atoms with E-state index < -0.39 is 18.2 Å². The summed E-state index contributed by atoms with van der Waals surface area (Å²) in [6.45, 7) is 2.52. The Balaban J connectivity index is 1.91. The molecule has 1 saturated heterocycles. The molecule has 2 atom stereocenters. The van der Waals surface area contributed by atoms with Crippen LogP contribution in [-0.2, 0) is 14.3 Å². The van der Waals surface area contributed by atoms with Crippen LogP contribution in [0.1, 0.15) is 13.3 Å². The fraction of sp³-hybridized carbons (Fsp3) is 0.467. The second-order valence-electron chi connectivity index (χ2n) is 5.09. The molecule has 22 heavy (non-hydrogen) atoms. The first kappa shape index (κ1) is 16.2. The number of morpholine rings is 1. The number of amides is 1. The molecule has 1 aromatic carbocycles. The van der Waals surface area contributed by atoms with Gasteiger partial charge >= 0.3 is 5.97 Å². The second kappa shape index (κ2) is 7.22. The Labute approximate surface area is 127 Å². The lowest BCUT2D eigenvalue weighted by molar-refractivity contribution is -0.151. The minimum Gasteiger partial charge on any atom is -0.481 e. The largest absolute Gasteiger partial charge is 0.481 e. The summed E-state index contributed by atoms with van der Waals surface area (Å²) in [5.41, 5.74) is 0. The summed E-state index contributed by atoms with van der Waals surface area (Å²) < 4.78 is 23.6. The summed E-state index contributed by atoms with van der Waals surface area (Å²) in [7, 11) is 0. The Hall–Kier alpha value is -2.15. The van der Waals surface area contributed by atoms with Gasteiger partial charge in [-0.05, 0) is 31.2 Å². The number of rotatable bonds is 5. The third-order valence-corrected chi connectivity index (χ3v) is 3.33. The van der Waals surface area contributed by atoms with E-state index in [1.165, 1.54) is 29.2 Å². The number of ether oxygens (including phenoxy) is 2. The first-order chi connectivity index (χ1) is 10.5. The van der Waals surface area contributed by atoms with E-state index in [0.29, 0.717) is 18.9 Å². The number of hydrogen-bond acceptors (Lipinski definition) is 4. The van der Waals surface area contributed by atoms with Crippen LogP contribution in [0.15, 0.2) is 24.3 Å². The Morgan fingerprint density at radius 2 is 2.14 bits per heavy atom. The Morgan fingerprint density at radius 1 is 1.45 bits per heavy atom. The molecule has 2 unspecified atom stereocenters. The molecule has 0 spiro atoms. The van der Waals surface area contributed by atoms with Gasteiger partial charge in [0.25, 0.3) is 5.91 Å². The molecule has 1 aliphatic rings. The van der Waals surface area contributed by atoms with Gasteiger partial charge in [0.2, 0.25) is 0 Å². The Morgan fingerprint density at radius 3 is 2.77 bits per heavy atom. The lowest BCUT2D eigenvalue weighted by Crippen LogP contribution is -2.50. The number of carbonyl (C=O) groups excluding carboxylic acids is 1. The van der Waals surface area contributed by atoms with Gasteiger partial charge in [0.15, 0.2) is 6.10 Å². The number of benzene rings is 1. The highest BCUT2D eigenvalue weighted by Gasteiger charge is 2.29. The van der Waals surface area contributed by atoms with Crippen LogP contribution in [0.3, 0.4) is 0 Å². The molecule has 0 saturated carbocycles. The van der Waals surface area contributed by atoms with E-state index >= 15 is 0 Å². The van der Waals surface area contributed by atoms with Gasteiger partial charge in [-0.15, -0.1) is 0 Å². The van der Waals surface area contributed by atoms with E-state index in [-0.39, 0.29) is 24.7 Å². The van der Waals surface area contributed by atoms with Crippen molar-refractivity contribution in [2.45, 2.75) is 25.6 Å². The predicted molar refractivity (Wildman–Crippen MR) is 75.1 cm³/mol. The van der Waals surface area contributed by atoms with Crippen LogP contribution >= 0.6 is 0 Å². The molecule has 0 aromatic heterocycles. The van der Waals surface area contributed by atoms with Gasteiger partial charge in [-0.25, -0.2) is 4.39 Å². The lowest BCUT2D eigenvalue weighted by Gasteiger charge is -2.33. The second-order valence-corrected chi connectivity index (χ2v) is 5.09. The van der Waals surface area contributed by atoms with Crippen molar-refractivity contribution in [1.82, 2.24) is 4.90 Å². The van der Waals surface area contributed by atoms with Crippen LogP contribution < -0.4 is 4.74 Å². The van der Waals surface area contributed by atoms with Crippen LogP contribution in [0.2, 0.25) is 0 Å². The third-order valence-electron chi connectivity index (χ3n) is 3.33. The fourth-order valence-corrected chi connectivity index (χ4v) is 2.26. The minimum atomic E-state index is -0.963. The number of nitrogens with zero attached hydrogens (tertiary/aromatic N) is 1. The molecular weight excluding hydrogens is 293 g/mol. The van der Waals surface area contributed by atoms with E-state index in [2.05, 4.69) is 0 Å². The molecule has 1 aliphatic heterocycles. The fourth-order valence-electron chi connectivity index (χ4n) is 2.26. The van der Waals surface area contributed by atoms with Gasteiger partial charge in [0, 0.05) is 13.1 Å². The number of carboxylic acids is 1. The summed E-state index contributed by atoms with van der Waals surface area (Å²) in [6, 6.07) is 5.41. The summed E-state index contributed by atoms with van der Waals surface area (Å²) in [6.07, 6.45) is -1.39. The van der Waals surface area contributed by atoms with E-state index in [1.807, 2.05) is 0 Å². The van der Waals surface area contributed by atoms with Crippen LogP contribution in [0.4, 0.5) is 4.39 Å². The zero-order valence-electron chi connectivity index (χ0n) is 12.2. The normalized spacial score (nSPS) is 19.5. The van der Waals surface area contributed by atoms with Crippen molar-refractivity contribution in [3.8, 4) is 5.75 Å². The first-order valence-electron chi connectivity index (χ1n) is 7.00. The van der Waals surface area contributed by atoms with Crippen molar-refractivity contribution in [2.24, 2.45) is 0 Å². The standard InChI is InChI=1S/C15H18FNO5/c1-10(22-12-4-2-11(16)3-5-12)15(20)17-6-7-21-13(9-17)8-14(18)19/h2-5,10,13H,6-9H2,1H3,(H,18,19). The molecule has 7 heteroatoms. The zero-order valence-corrected chi connectivity index (χ0v) is 12.2. The molecule has 1 amide bonds. The van der Waals surface area contributed by atoms with Gasteiger partial charge < -0.3 is 19.5 Å². The molecule has 0 radical (unpaired) electrons. The van der Waals surface area contributed by atoms with E-state index in [9.17, 15) is 14.0 Å². The van der Waals surface area contributed by atoms with Crippen LogP contribution in [0.5, 0.6) is 5.75 Å². The highest BCUT2D eigenvalue weighted by atomic mass is 19.1. The number of hydrogen-bond donors (Lipinski definition) is 1. The summed E-state index contributed by atoms with van der Waals surface area (Å²) in [4.78, 5) is 24.6. The van der Waals surface area contributed by atoms with Crippen LogP contribution in [0, 0.1) is 5.82 Å². The maximum Gasteiger partial charge on any atom is 0.306 e. The van der Waals surface area contributed by atoms with Crippen molar-refractivity contribution in [1.29, 1.82) is 0 Å². The Kier molecular flexibility index (Phi) is 5.32. The van der Waals surface area contributed by atoms with E-state index in [0.717, 1.165) is 0 Å². The summed E-state index contributed by atoms with van der Waals surface area (Å²) in [5.74, 6) is -1.19.